The lowest BCUT2D eigenvalue weighted by Gasteiger charge is -2.07. The van der Waals surface area contributed by atoms with Crippen LogP contribution < -0.4 is 0 Å². The Bertz CT molecular complexity index is 366. The second-order valence-corrected chi connectivity index (χ2v) is 3.85. The summed E-state index contributed by atoms with van der Waals surface area (Å²) in [6.07, 6.45) is 1.60. The molecule has 0 aliphatic heterocycles. The molecule has 3 nitrogen and oxygen atoms in total. The molecule has 16 heavy (non-hydrogen) atoms. The van der Waals surface area contributed by atoms with Crippen LogP contribution in [-0.2, 0) is 16.1 Å². The molecule has 0 heterocycles. The van der Waals surface area contributed by atoms with Gasteiger partial charge in [-0.05, 0) is 17.6 Å². The molecule has 86 valence electrons. The van der Waals surface area contributed by atoms with Gasteiger partial charge in [0, 0.05) is 0 Å². The third kappa shape index (κ3) is 4.17. The van der Waals surface area contributed by atoms with E-state index in [1.807, 2.05) is 44.2 Å². The van der Waals surface area contributed by atoms with Crippen molar-refractivity contribution in [3.05, 3.63) is 47.7 Å². The monoisotopic (exact) mass is 220 g/mol. The summed E-state index contributed by atoms with van der Waals surface area (Å²) in [4.78, 5) is 10.9. The molecule has 0 saturated heterocycles. The highest BCUT2D eigenvalue weighted by Gasteiger charge is 2.09. The van der Waals surface area contributed by atoms with Gasteiger partial charge in [-0.25, -0.2) is 4.79 Å². The van der Waals surface area contributed by atoms with Crippen molar-refractivity contribution in [3.8, 4) is 0 Å². The first-order valence-corrected chi connectivity index (χ1v) is 5.21. The number of hydrogen-bond acceptors (Lipinski definition) is 2. The van der Waals surface area contributed by atoms with Gasteiger partial charge in [-0.1, -0.05) is 44.2 Å². The van der Waals surface area contributed by atoms with E-state index < -0.39 is 5.97 Å². The van der Waals surface area contributed by atoms with Gasteiger partial charge in [0.05, 0.1) is 0 Å². The van der Waals surface area contributed by atoms with E-state index in [1.165, 1.54) is 0 Å². The molecule has 0 radical (unpaired) electrons. The number of ether oxygens (including phenoxy) is 1. The lowest BCUT2D eigenvalue weighted by atomic mass is 10.2. The van der Waals surface area contributed by atoms with Gasteiger partial charge in [-0.2, -0.15) is 0 Å². The molecule has 0 atom stereocenters. The van der Waals surface area contributed by atoms with E-state index in [2.05, 4.69) is 0 Å². The Morgan fingerprint density at radius 3 is 2.50 bits per heavy atom. The molecular weight excluding hydrogens is 204 g/mol. The van der Waals surface area contributed by atoms with Crippen LogP contribution in [0.15, 0.2) is 42.2 Å². The SMILES string of the molecule is CC(C)/C=C(\OCc1ccccc1)C(=O)O. The molecule has 1 aromatic carbocycles. The minimum Gasteiger partial charge on any atom is -0.482 e. The largest absolute Gasteiger partial charge is 0.482 e. The molecule has 0 aromatic heterocycles. The van der Waals surface area contributed by atoms with Crippen LogP contribution in [0.4, 0.5) is 0 Å². The molecule has 0 bridgehead atoms. The summed E-state index contributed by atoms with van der Waals surface area (Å²) in [6.45, 7) is 4.11. The molecule has 1 rings (SSSR count). The summed E-state index contributed by atoms with van der Waals surface area (Å²) in [5.41, 5.74) is 0.957. The van der Waals surface area contributed by atoms with Crippen LogP contribution in [0.25, 0.3) is 0 Å². The molecule has 1 aromatic rings. The molecule has 1 N–H and O–H groups in total. The summed E-state index contributed by atoms with van der Waals surface area (Å²) in [5.74, 6) is -0.856. The molecule has 0 aliphatic carbocycles. The van der Waals surface area contributed by atoms with E-state index in [-0.39, 0.29) is 18.3 Å². The summed E-state index contributed by atoms with van der Waals surface area (Å²) < 4.78 is 5.26. The van der Waals surface area contributed by atoms with E-state index in [1.54, 1.807) is 6.08 Å². The second kappa shape index (κ2) is 5.95. The maximum absolute atomic E-state index is 10.9. The van der Waals surface area contributed by atoms with Crippen molar-refractivity contribution in [2.75, 3.05) is 0 Å². The number of carboxylic acid groups (broad SMARTS) is 1. The maximum atomic E-state index is 10.9. The fourth-order valence-electron chi connectivity index (χ4n) is 1.22. The predicted molar refractivity (Wildman–Crippen MR) is 61.8 cm³/mol. The number of benzene rings is 1. The molecule has 0 saturated carbocycles. The zero-order valence-corrected chi connectivity index (χ0v) is 9.51. The van der Waals surface area contributed by atoms with Gasteiger partial charge in [-0.3, -0.25) is 0 Å². The highest BCUT2D eigenvalue weighted by atomic mass is 16.5. The predicted octanol–water partition coefficient (Wildman–Crippen LogP) is 2.83. The highest BCUT2D eigenvalue weighted by molar-refractivity contribution is 5.84. The Kier molecular flexibility index (Phi) is 4.58. The first kappa shape index (κ1) is 12.3. The molecule has 0 fully saturated rings. The van der Waals surface area contributed by atoms with Gasteiger partial charge in [-0.15, -0.1) is 0 Å². The van der Waals surface area contributed by atoms with Crippen LogP contribution >= 0.6 is 0 Å². The van der Waals surface area contributed by atoms with Crippen molar-refractivity contribution in [3.63, 3.8) is 0 Å². The van der Waals surface area contributed by atoms with E-state index in [4.69, 9.17) is 9.84 Å². The average Bonchev–Trinajstić information content (AvgIpc) is 2.25. The van der Waals surface area contributed by atoms with Crippen LogP contribution in [0.2, 0.25) is 0 Å². The Labute approximate surface area is 95.4 Å². The molecular formula is C13H16O3. The zero-order valence-electron chi connectivity index (χ0n) is 9.51. The molecule has 0 spiro atoms. The van der Waals surface area contributed by atoms with Crippen LogP contribution in [0.1, 0.15) is 19.4 Å². The summed E-state index contributed by atoms with van der Waals surface area (Å²) in [5, 5.41) is 8.91. The summed E-state index contributed by atoms with van der Waals surface area (Å²) in [7, 11) is 0. The Morgan fingerprint density at radius 1 is 1.38 bits per heavy atom. The lowest BCUT2D eigenvalue weighted by molar-refractivity contribution is -0.136. The van der Waals surface area contributed by atoms with Gasteiger partial charge < -0.3 is 9.84 Å². The van der Waals surface area contributed by atoms with Crippen LogP contribution in [0, 0.1) is 5.92 Å². The number of carboxylic acids is 1. The molecule has 0 unspecified atom stereocenters. The van der Waals surface area contributed by atoms with E-state index in [0.717, 1.165) is 5.56 Å². The smallest absolute Gasteiger partial charge is 0.370 e. The van der Waals surface area contributed by atoms with Gasteiger partial charge in [0.25, 0.3) is 0 Å². The first-order chi connectivity index (χ1) is 7.59. The van der Waals surface area contributed by atoms with Crippen molar-refractivity contribution < 1.29 is 14.6 Å². The molecule has 3 heteroatoms. The van der Waals surface area contributed by atoms with Crippen molar-refractivity contribution >= 4 is 5.97 Å². The molecule has 0 amide bonds. The Hall–Kier alpha value is -1.77. The average molecular weight is 220 g/mol. The number of carbonyl (C=O) groups is 1. The number of aliphatic carboxylic acids is 1. The fraction of sp³-hybridized carbons (Fsp3) is 0.308. The van der Waals surface area contributed by atoms with Crippen molar-refractivity contribution in [2.45, 2.75) is 20.5 Å². The van der Waals surface area contributed by atoms with Crippen molar-refractivity contribution in [2.24, 2.45) is 5.92 Å². The Balaban J connectivity index is 2.61. The number of allylic oxidation sites excluding steroid dienone is 1. The zero-order chi connectivity index (χ0) is 12.0. The third-order valence-electron chi connectivity index (χ3n) is 1.93. The molecule has 0 aliphatic rings. The second-order valence-electron chi connectivity index (χ2n) is 3.85. The minimum atomic E-state index is -1.02. The maximum Gasteiger partial charge on any atom is 0.370 e. The van der Waals surface area contributed by atoms with Crippen LogP contribution in [-0.4, -0.2) is 11.1 Å². The van der Waals surface area contributed by atoms with Gasteiger partial charge >= 0.3 is 5.97 Å². The van der Waals surface area contributed by atoms with E-state index in [0.29, 0.717) is 0 Å². The standard InChI is InChI=1S/C13H16O3/c1-10(2)8-12(13(14)15)16-9-11-6-4-3-5-7-11/h3-8,10H,9H2,1-2H3,(H,14,15)/b12-8-. The third-order valence-corrected chi connectivity index (χ3v) is 1.93. The minimum absolute atomic E-state index is 0.0128. The van der Waals surface area contributed by atoms with Crippen molar-refractivity contribution in [1.82, 2.24) is 0 Å². The number of hydrogen-bond donors (Lipinski definition) is 1. The summed E-state index contributed by atoms with van der Waals surface area (Å²) >= 11 is 0. The topological polar surface area (TPSA) is 46.5 Å². The quantitative estimate of drug-likeness (QED) is 0.613. The van der Waals surface area contributed by atoms with E-state index in [9.17, 15) is 4.79 Å². The van der Waals surface area contributed by atoms with Crippen LogP contribution in [0.5, 0.6) is 0 Å². The van der Waals surface area contributed by atoms with Gasteiger partial charge in [0.1, 0.15) is 6.61 Å². The normalized spacial score (nSPS) is 11.6. The van der Waals surface area contributed by atoms with Gasteiger partial charge in [0.15, 0.2) is 0 Å². The summed E-state index contributed by atoms with van der Waals surface area (Å²) in [6, 6.07) is 9.49. The lowest BCUT2D eigenvalue weighted by Crippen LogP contribution is -2.06. The van der Waals surface area contributed by atoms with Gasteiger partial charge in [0.2, 0.25) is 5.76 Å². The first-order valence-electron chi connectivity index (χ1n) is 5.21. The number of rotatable bonds is 5. The Morgan fingerprint density at radius 2 is 2.00 bits per heavy atom. The van der Waals surface area contributed by atoms with Crippen molar-refractivity contribution in [1.29, 1.82) is 0 Å². The highest BCUT2D eigenvalue weighted by Crippen LogP contribution is 2.09. The fourth-order valence-corrected chi connectivity index (χ4v) is 1.22. The van der Waals surface area contributed by atoms with Crippen LogP contribution in [0.3, 0.4) is 0 Å². The van der Waals surface area contributed by atoms with E-state index >= 15 is 0 Å².